The Morgan fingerprint density at radius 1 is 1.23 bits per heavy atom. The van der Waals surface area contributed by atoms with Crippen molar-refractivity contribution < 1.29 is 22.9 Å². The number of carbonyl (C=O) groups is 1. The highest BCUT2D eigenvalue weighted by Crippen LogP contribution is 2.23. The first-order chi connectivity index (χ1) is 12.2. The fourth-order valence-electron chi connectivity index (χ4n) is 2.33. The fraction of sp³-hybridized carbons (Fsp3) is 0.235. The van der Waals surface area contributed by atoms with Gasteiger partial charge in [0.05, 0.1) is 17.2 Å². The Morgan fingerprint density at radius 3 is 2.58 bits per heavy atom. The summed E-state index contributed by atoms with van der Waals surface area (Å²) >= 11 is 0. The van der Waals surface area contributed by atoms with Gasteiger partial charge in [-0.3, -0.25) is 19.8 Å². The molecule has 0 fully saturated rings. The molecule has 2 aromatic carbocycles. The third-order valence-corrected chi connectivity index (χ3v) is 3.93. The number of likely N-dealkylation sites (N-methyl/N-ethyl adjacent to an activating group) is 1. The number of amides is 1. The highest BCUT2D eigenvalue weighted by atomic mass is 19.2. The summed E-state index contributed by atoms with van der Waals surface area (Å²) in [5, 5.41) is 13.0. The second kappa shape index (κ2) is 7.96. The normalized spacial score (nSPS) is 12.1. The number of halogens is 3. The van der Waals surface area contributed by atoms with Crippen LogP contribution in [-0.2, 0) is 4.79 Å². The van der Waals surface area contributed by atoms with Gasteiger partial charge in [-0.1, -0.05) is 12.1 Å². The highest BCUT2D eigenvalue weighted by Gasteiger charge is 2.19. The second-order valence-corrected chi connectivity index (χ2v) is 5.71. The molecule has 0 heterocycles. The van der Waals surface area contributed by atoms with Crippen molar-refractivity contribution in [2.75, 3.05) is 18.9 Å². The lowest BCUT2D eigenvalue weighted by molar-refractivity contribution is -0.384. The van der Waals surface area contributed by atoms with E-state index in [2.05, 4.69) is 5.32 Å². The van der Waals surface area contributed by atoms with Crippen LogP contribution in [0.2, 0.25) is 0 Å². The molecule has 9 heteroatoms. The van der Waals surface area contributed by atoms with Gasteiger partial charge in [0.25, 0.3) is 5.69 Å². The van der Waals surface area contributed by atoms with Gasteiger partial charge >= 0.3 is 0 Å². The number of nitro groups is 1. The van der Waals surface area contributed by atoms with Crippen molar-refractivity contribution in [3.05, 3.63) is 69.5 Å². The lowest BCUT2D eigenvalue weighted by Gasteiger charge is -2.24. The summed E-state index contributed by atoms with van der Waals surface area (Å²) in [5.74, 6) is -5.14. The highest BCUT2D eigenvalue weighted by molar-refractivity contribution is 5.92. The van der Waals surface area contributed by atoms with E-state index in [0.29, 0.717) is 11.6 Å². The van der Waals surface area contributed by atoms with E-state index in [1.54, 1.807) is 24.9 Å². The van der Waals surface area contributed by atoms with Crippen molar-refractivity contribution >= 4 is 17.3 Å². The number of carbonyl (C=O) groups excluding carboxylic acids is 1. The Bertz CT molecular complexity index is 845. The van der Waals surface area contributed by atoms with Gasteiger partial charge in [-0.2, -0.15) is 0 Å². The number of nitrogens with zero attached hydrogens (tertiary/aromatic N) is 2. The number of hydrogen-bond donors (Lipinski definition) is 1. The van der Waals surface area contributed by atoms with Crippen molar-refractivity contribution in [3.8, 4) is 0 Å². The molecule has 1 N–H and O–H groups in total. The predicted octanol–water partition coefficient (Wildman–Crippen LogP) is 3.64. The molecule has 1 amide bonds. The molecule has 2 aromatic rings. The van der Waals surface area contributed by atoms with Gasteiger partial charge in [0.1, 0.15) is 0 Å². The maximum Gasteiger partial charge on any atom is 0.269 e. The van der Waals surface area contributed by atoms with Crippen LogP contribution in [0.1, 0.15) is 18.5 Å². The number of anilines is 1. The topological polar surface area (TPSA) is 75.5 Å². The molecule has 1 atom stereocenters. The van der Waals surface area contributed by atoms with Crippen molar-refractivity contribution in [2.24, 2.45) is 0 Å². The predicted molar refractivity (Wildman–Crippen MR) is 89.1 cm³/mol. The summed E-state index contributed by atoms with van der Waals surface area (Å²) in [6.45, 7) is 1.55. The van der Waals surface area contributed by atoms with Crippen LogP contribution in [-0.4, -0.2) is 29.3 Å². The molecule has 0 saturated carbocycles. The van der Waals surface area contributed by atoms with Crippen LogP contribution in [0.5, 0.6) is 0 Å². The first-order valence-electron chi connectivity index (χ1n) is 7.58. The molecular formula is C17H16F3N3O3. The lowest BCUT2D eigenvalue weighted by Crippen LogP contribution is -2.32. The first kappa shape index (κ1) is 19.4. The third kappa shape index (κ3) is 4.37. The largest absolute Gasteiger partial charge is 0.322 e. The molecule has 0 aromatic heterocycles. The molecule has 0 spiro atoms. The molecule has 0 unspecified atom stereocenters. The number of nitrogens with one attached hydrogen (secondary N) is 1. The minimum Gasteiger partial charge on any atom is -0.322 e. The number of hydrogen-bond acceptors (Lipinski definition) is 4. The Morgan fingerprint density at radius 2 is 1.92 bits per heavy atom. The van der Waals surface area contributed by atoms with Crippen LogP contribution in [0.4, 0.5) is 24.5 Å². The van der Waals surface area contributed by atoms with Crippen molar-refractivity contribution in [3.63, 3.8) is 0 Å². The van der Waals surface area contributed by atoms with E-state index >= 15 is 0 Å². The van der Waals surface area contributed by atoms with Crippen LogP contribution in [0, 0.1) is 27.6 Å². The Labute approximate surface area is 147 Å². The molecular weight excluding hydrogens is 351 g/mol. The van der Waals surface area contributed by atoms with Gasteiger partial charge in [0.15, 0.2) is 17.5 Å². The monoisotopic (exact) mass is 367 g/mol. The summed E-state index contributed by atoms with van der Waals surface area (Å²) in [5.41, 5.74) is 0.0786. The first-order valence-corrected chi connectivity index (χ1v) is 7.58. The van der Waals surface area contributed by atoms with Crippen LogP contribution < -0.4 is 5.32 Å². The van der Waals surface area contributed by atoms with Gasteiger partial charge in [0.2, 0.25) is 5.91 Å². The third-order valence-electron chi connectivity index (χ3n) is 3.93. The molecule has 0 aliphatic rings. The number of rotatable bonds is 6. The summed E-state index contributed by atoms with van der Waals surface area (Å²) in [6.07, 6.45) is 0. The van der Waals surface area contributed by atoms with Gasteiger partial charge in [-0.15, -0.1) is 0 Å². The average Bonchev–Trinajstić information content (AvgIpc) is 2.61. The summed E-state index contributed by atoms with van der Waals surface area (Å²) in [7, 11) is 1.60. The van der Waals surface area contributed by atoms with Crippen molar-refractivity contribution in [1.29, 1.82) is 0 Å². The van der Waals surface area contributed by atoms with E-state index in [1.165, 1.54) is 18.2 Å². The smallest absolute Gasteiger partial charge is 0.269 e. The number of benzene rings is 2. The molecule has 138 valence electrons. The van der Waals surface area contributed by atoms with E-state index in [-0.39, 0.29) is 18.3 Å². The quantitative estimate of drug-likeness (QED) is 0.480. The Balaban J connectivity index is 2.06. The molecule has 0 radical (unpaired) electrons. The standard InChI is InChI=1S/C17H16F3N3O3/c1-10(11-4-3-5-12(8-11)23(25)26)22(2)9-15(24)21-14-7-6-13(18)16(19)17(14)20/h3-8,10H,9H2,1-2H3,(H,21,24)/t10-/m1/s1. The molecule has 0 aliphatic carbocycles. The number of nitro benzene ring substituents is 1. The zero-order chi connectivity index (χ0) is 19.4. The minimum absolute atomic E-state index is 0.0731. The van der Waals surface area contributed by atoms with Crippen LogP contribution in [0.3, 0.4) is 0 Å². The van der Waals surface area contributed by atoms with E-state index < -0.39 is 34.0 Å². The molecule has 6 nitrogen and oxygen atoms in total. The zero-order valence-corrected chi connectivity index (χ0v) is 14.0. The fourth-order valence-corrected chi connectivity index (χ4v) is 2.33. The Kier molecular flexibility index (Phi) is 5.93. The Hall–Kier alpha value is -2.94. The molecule has 26 heavy (non-hydrogen) atoms. The molecule has 0 bridgehead atoms. The molecule has 0 aliphatic heterocycles. The minimum atomic E-state index is -1.67. The van der Waals surface area contributed by atoms with Crippen LogP contribution in [0.15, 0.2) is 36.4 Å². The number of non-ortho nitro benzene ring substituents is 1. The van der Waals surface area contributed by atoms with Gasteiger partial charge in [0, 0.05) is 18.2 Å². The zero-order valence-electron chi connectivity index (χ0n) is 14.0. The van der Waals surface area contributed by atoms with Crippen LogP contribution >= 0.6 is 0 Å². The molecule has 0 saturated heterocycles. The van der Waals surface area contributed by atoms with Gasteiger partial charge in [-0.25, -0.2) is 13.2 Å². The average molecular weight is 367 g/mol. The summed E-state index contributed by atoms with van der Waals surface area (Å²) in [4.78, 5) is 23.9. The van der Waals surface area contributed by atoms with Crippen molar-refractivity contribution in [2.45, 2.75) is 13.0 Å². The summed E-state index contributed by atoms with van der Waals surface area (Å²) < 4.78 is 39.7. The van der Waals surface area contributed by atoms with E-state index in [9.17, 15) is 28.1 Å². The van der Waals surface area contributed by atoms with Crippen LogP contribution in [0.25, 0.3) is 0 Å². The molecule has 2 rings (SSSR count). The maximum atomic E-state index is 13.6. The van der Waals surface area contributed by atoms with Crippen molar-refractivity contribution in [1.82, 2.24) is 4.90 Å². The van der Waals surface area contributed by atoms with E-state index in [4.69, 9.17) is 0 Å². The lowest BCUT2D eigenvalue weighted by atomic mass is 10.1. The van der Waals surface area contributed by atoms with E-state index in [0.717, 1.165) is 6.07 Å². The van der Waals surface area contributed by atoms with E-state index in [1.807, 2.05) is 0 Å². The SMILES string of the molecule is C[C@H](c1cccc([N+](=O)[O-])c1)N(C)CC(=O)Nc1ccc(F)c(F)c1F. The van der Waals surface area contributed by atoms with Gasteiger partial charge < -0.3 is 5.32 Å². The summed E-state index contributed by atoms with van der Waals surface area (Å²) in [6, 6.07) is 7.26. The second-order valence-electron chi connectivity index (χ2n) is 5.71. The van der Waals surface area contributed by atoms with Gasteiger partial charge in [-0.05, 0) is 31.7 Å². The maximum absolute atomic E-state index is 13.6.